The van der Waals surface area contributed by atoms with E-state index in [4.69, 9.17) is 0 Å². The van der Waals surface area contributed by atoms with Gasteiger partial charge in [-0.3, -0.25) is 0 Å². The van der Waals surface area contributed by atoms with Crippen LogP contribution in [0, 0.1) is 25.5 Å². The summed E-state index contributed by atoms with van der Waals surface area (Å²) in [5.74, 6) is -1.01. The van der Waals surface area contributed by atoms with Crippen molar-refractivity contribution in [2.24, 2.45) is 0 Å². The second-order valence-corrected chi connectivity index (χ2v) is 7.52. The largest absolute Gasteiger partial charge is 0.306 e. The number of thiophene rings is 1. The van der Waals surface area contributed by atoms with Crippen LogP contribution >= 0.6 is 27.3 Å². The molecule has 0 amide bonds. The second kappa shape index (κ2) is 6.99. The Labute approximate surface area is 136 Å². The van der Waals surface area contributed by atoms with Crippen molar-refractivity contribution in [2.75, 3.05) is 6.54 Å². The Morgan fingerprint density at radius 2 is 1.86 bits per heavy atom. The fourth-order valence-electron chi connectivity index (χ4n) is 2.18. The Morgan fingerprint density at radius 1 is 1.14 bits per heavy atom. The van der Waals surface area contributed by atoms with E-state index in [2.05, 4.69) is 28.2 Å². The van der Waals surface area contributed by atoms with Crippen molar-refractivity contribution < 1.29 is 8.78 Å². The van der Waals surface area contributed by atoms with E-state index in [0.29, 0.717) is 11.1 Å². The van der Waals surface area contributed by atoms with Gasteiger partial charge in [-0.05, 0) is 66.0 Å². The summed E-state index contributed by atoms with van der Waals surface area (Å²) in [5.41, 5.74) is 2.08. The van der Waals surface area contributed by atoms with Crippen LogP contribution in [-0.4, -0.2) is 6.54 Å². The normalized spacial score (nSPS) is 12.7. The molecule has 0 radical (unpaired) electrons. The van der Waals surface area contributed by atoms with E-state index >= 15 is 0 Å². The third kappa shape index (κ3) is 3.71. The third-order valence-electron chi connectivity index (χ3n) is 3.35. The molecule has 1 aromatic carbocycles. The maximum absolute atomic E-state index is 14.2. The summed E-state index contributed by atoms with van der Waals surface area (Å²) in [6.07, 6.45) is 0.948. The van der Waals surface area contributed by atoms with Gasteiger partial charge < -0.3 is 5.32 Å². The van der Waals surface area contributed by atoms with Gasteiger partial charge in [-0.25, -0.2) is 8.78 Å². The van der Waals surface area contributed by atoms with Gasteiger partial charge in [0.2, 0.25) is 0 Å². The van der Waals surface area contributed by atoms with E-state index in [-0.39, 0.29) is 6.04 Å². The molecule has 0 aliphatic heterocycles. The molecular weight excluding hydrogens is 356 g/mol. The van der Waals surface area contributed by atoms with Gasteiger partial charge in [-0.2, -0.15) is 0 Å². The first-order chi connectivity index (χ1) is 9.93. The van der Waals surface area contributed by atoms with Crippen molar-refractivity contribution >= 4 is 27.3 Å². The van der Waals surface area contributed by atoms with Crippen LogP contribution in [0.25, 0.3) is 0 Å². The van der Waals surface area contributed by atoms with Gasteiger partial charge in [0.25, 0.3) is 0 Å². The van der Waals surface area contributed by atoms with Crippen LogP contribution in [0.4, 0.5) is 8.78 Å². The molecule has 1 unspecified atom stereocenters. The number of hydrogen-bond donors (Lipinski definition) is 1. The molecule has 21 heavy (non-hydrogen) atoms. The van der Waals surface area contributed by atoms with Crippen LogP contribution in [0.1, 0.15) is 41.0 Å². The molecule has 0 spiro atoms. The molecule has 1 aromatic heterocycles. The van der Waals surface area contributed by atoms with Crippen molar-refractivity contribution in [3.8, 4) is 0 Å². The molecule has 0 aliphatic carbocycles. The lowest BCUT2D eigenvalue weighted by atomic mass is 10.0. The summed E-state index contributed by atoms with van der Waals surface area (Å²) in [7, 11) is 0. The summed E-state index contributed by atoms with van der Waals surface area (Å²) in [4.78, 5) is 1.03. The van der Waals surface area contributed by atoms with Gasteiger partial charge in [0.1, 0.15) is 11.6 Å². The zero-order valence-electron chi connectivity index (χ0n) is 12.3. The van der Waals surface area contributed by atoms with Crippen molar-refractivity contribution in [1.82, 2.24) is 5.32 Å². The monoisotopic (exact) mass is 373 g/mol. The van der Waals surface area contributed by atoms with Crippen molar-refractivity contribution in [1.29, 1.82) is 0 Å². The molecule has 5 heteroatoms. The molecule has 2 aromatic rings. The summed E-state index contributed by atoms with van der Waals surface area (Å²) in [6.45, 7) is 6.50. The maximum atomic E-state index is 14.2. The molecule has 0 aliphatic rings. The van der Waals surface area contributed by atoms with E-state index in [1.165, 1.54) is 0 Å². The number of rotatable bonds is 5. The maximum Gasteiger partial charge on any atom is 0.131 e. The van der Waals surface area contributed by atoms with Crippen molar-refractivity contribution in [3.05, 3.63) is 55.2 Å². The first kappa shape index (κ1) is 16.6. The highest BCUT2D eigenvalue weighted by Crippen LogP contribution is 2.35. The predicted octanol–water partition coefficient (Wildman–Crippen LogP) is 5.49. The average molecular weight is 374 g/mol. The molecule has 0 bridgehead atoms. The summed E-state index contributed by atoms with van der Waals surface area (Å²) in [6, 6.07) is 4.36. The van der Waals surface area contributed by atoms with Crippen LogP contribution in [-0.2, 0) is 0 Å². The van der Waals surface area contributed by atoms with Crippen LogP contribution in [0.3, 0.4) is 0 Å². The zero-order chi connectivity index (χ0) is 15.6. The topological polar surface area (TPSA) is 12.0 Å². The van der Waals surface area contributed by atoms with E-state index in [1.54, 1.807) is 24.3 Å². The number of hydrogen-bond acceptors (Lipinski definition) is 2. The first-order valence-corrected chi connectivity index (χ1v) is 8.49. The molecule has 1 atom stereocenters. The van der Waals surface area contributed by atoms with Gasteiger partial charge in [0, 0.05) is 16.5 Å². The third-order valence-corrected chi connectivity index (χ3v) is 5.55. The highest BCUT2D eigenvalue weighted by molar-refractivity contribution is 9.11. The fraction of sp³-hybridized carbons (Fsp3) is 0.375. The molecule has 114 valence electrons. The van der Waals surface area contributed by atoms with Gasteiger partial charge in [0.05, 0.1) is 9.83 Å². The second-order valence-electron chi connectivity index (χ2n) is 5.12. The SMILES string of the molecule is CCCNC(c1cc(C)c(Br)s1)c1cc(C)c(F)cc1F. The average Bonchev–Trinajstić information content (AvgIpc) is 2.75. The summed E-state index contributed by atoms with van der Waals surface area (Å²) < 4.78 is 28.7. The first-order valence-electron chi connectivity index (χ1n) is 6.88. The Balaban J connectivity index is 2.47. The Hall–Kier alpha value is -0.780. The van der Waals surface area contributed by atoms with Crippen molar-refractivity contribution in [3.63, 3.8) is 0 Å². The molecule has 1 N–H and O–H groups in total. The molecule has 1 heterocycles. The standard InChI is InChI=1S/C16H18BrF2NS/c1-4-5-20-15(14-7-10(3)16(17)21-14)11-6-9(2)12(18)8-13(11)19/h6-8,15,20H,4-5H2,1-3H3. The number of benzene rings is 1. The van der Waals surface area contributed by atoms with Gasteiger partial charge in [-0.1, -0.05) is 6.92 Å². The highest BCUT2D eigenvalue weighted by atomic mass is 79.9. The number of halogens is 3. The molecular formula is C16H18BrF2NS. The van der Waals surface area contributed by atoms with Gasteiger partial charge in [0.15, 0.2) is 0 Å². The van der Waals surface area contributed by atoms with Crippen LogP contribution < -0.4 is 5.32 Å². The van der Waals surface area contributed by atoms with E-state index in [1.807, 2.05) is 13.0 Å². The minimum absolute atomic E-state index is 0.251. The van der Waals surface area contributed by atoms with E-state index < -0.39 is 11.6 Å². The highest BCUT2D eigenvalue weighted by Gasteiger charge is 2.21. The molecule has 1 nitrogen and oxygen atoms in total. The van der Waals surface area contributed by atoms with E-state index in [0.717, 1.165) is 33.3 Å². The molecule has 0 saturated carbocycles. The van der Waals surface area contributed by atoms with Crippen molar-refractivity contribution in [2.45, 2.75) is 33.2 Å². The van der Waals surface area contributed by atoms with E-state index in [9.17, 15) is 8.78 Å². The molecule has 2 rings (SSSR count). The zero-order valence-corrected chi connectivity index (χ0v) is 14.7. The minimum atomic E-state index is -0.506. The Kier molecular flexibility index (Phi) is 5.52. The molecule has 0 fully saturated rings. The minimum Gasteiger partial charge on any atom is -0.306 e. The smallest absolute Gasteiger partial charge is 0.131 e. The van der Waals surface area contributed by atoms with Gasteiger partial charge in [-0.15, -0.1) is 11.3 Å². The lowest BCUT2D eigenvalue weighted by Gasteiger charge is -2.19. The van der Waals surface area contributed by atoms with Gasteiger partial charge >= 0.3 is 0 Å². The fourth-order valence-corrected chi connectivity index (χ4v) is 3.84. The van der Waals surface area contributed by atoms with Crippen LogP contribution in [0.2, 0.25) is 0 Å². The lowest BCUT2D eigenvalue weighted by molar-refractivity contribution is 0.533. The summed E-state index contributed by atoms with van der Waals surface area (Å²) >= 11 is 5.09. The number of aryl methyl sites for hydroxylation is 2. The summed E-state index contributed by atoms with van der Waals surface area (Å²) in [5, 5.41) is 3.36. The quantitative estimate of drug-likeness (QED) is 0.729. The Bertz CT molecular complexity index is 620. The Morgan fingerprint density at radius 3 is 2.43 bits per heavy atom. The predicted molar refractivity (Wildman–Crippen MR) is 88.0 cm³/mol. The van der Waals surface area contributed by atoms with Crippen LogP contribution in [0.5, 0.6) is 0 Å². The molecule has 0 saturated heterocycles. The lowest BCUT2D eigenvalue weighted by Crippen LogP contribution is -2.23. The number of nitrogens with one attached hydrogen (secondary N) is 1. The van der Waals surface area contributed by atoms with Crippen LogP contribution in [0.15, 0.2) is 22.0 Å².